The van der Waals surface area contributed by atoms with Crippen LogP contribution in [0.4, 0.5) is 11.6 Å². The van der Waals surface area contributed by atoms with E-state index in [2.05, 4.69) is 32.8 Å². The maximum atomic E-state index is 11.6. The largest absolute Gasteiger partial charge is 0.373 e. The predicted molar refractivity (Wildman–Crippen MR) is 77.4 cm³/mol. The molecular formula is C13H23N5O. The van der Waals surface area contributed by atoms with Crippen molar-refractivity contribution in [1.82, 2.24) is 15.3 Å². The Morgan fingerprint density at radius 1 is 1.21 bits per heavy atom. The third-order valence-electron chi connectivity index (χ3n) is 2.67. The summed E-state index contributed by atoms with van der Waals surface area (Å²) in [5.74, 6) is 1.52. The molecule has 106 valence electrons. The molecule has 19 heavy (non-hydrogen) atoms. The molecule has 6 nitrogen and oxygen atoms in total. The highest BCUT2D eigenvalue weighted by atomic mass is 16.1. The minimum atomic E-state index is -0.0195. The number of aromatic nitrogens is 2. The summed E-state index contributed by atoms with van der Waals surface area (Å²) in [6.07, 6.45) is 4.30. The molecule has 0 saturated heterocycles. The molecule has 0 radical (unpaired) electrons. The number of nitrogens with one attached hydrogen (secondary N) is 3. The number of carbonyl (C=O) groups is 1. The standard InChI is InChI=1S/C13H23N5O/c1-4-6-10-12(14-3)17-9-18-13(10)16-8-11(19)15-7-5-2/h9H,4-8H2,1-3H3,(H,15,19)(H2,14,16,17,18). The third kappa shape index (κ3) is 4.73. The molecule has 0 atom stereocenters. The highest BCUT2D eigenvalue weighted by molar-refractivity contribution is 5.80. The van der Waals surface area contributed by atoms with E-state index in [0.717, 1.165) is 36.5 Å². The fraction of sp³-hybridized carbons (Fsp3) is 0.615. The second kappa shape index (κ2) is 8.29. The Labute approximate surface area is 114 Å². The van der Waals surface area contributed by atoms with Crippen molar-refractivity contribution in [2.45, 2.75) is 33.1 Å². The molecule has 0 aliphatic rings. The van der Waals surface area contributed by atoms with Gasteiger partial charge in [-0.15, -0.1) is 0 Å². The fourth-order valence-electron chi connectivity index (χ4n) is 1.76. The molecule has 0 saturated carbocycles. The van der Waals surface area contributed by atoms with E-state index in [0.29, 0.717) is 6.54 Å². The number of nitrogens with zero attached hydrogens (tertiary/aromatic N) is 2. The van der Waals surface area contributed by atoms with E-state index in [4.69, 9.17) is 0 Å². The summed E-state index contributed by atoms with van der Waals surface area (Å²) < 4.78 is 0. The summed E-state index contributed by atoms with van der Waals surface area (Å²) in [4.78, 5) is 20.0. The first-order valence-corrected chi connectivity index (χ1v) is 6.75. The second-order valence-corrected chi connectivity index (χ2v) is 4.25. The van der Waals surface area contributed by atoms with Gasteiger partial charge in [-0.1, -0.05) is 20.3 Å². The summed E-state index contributed by atoms with van der Waals surface area (Å²) in [7, 11) is 1.83. The van der Waals surface area contributed by atoms with Gasteiger partial charge in [0.25, 0.3) is 0 Å². The van der Waals surface area contributed by atoms with Gasteiger partial charge in [0.05, 0.1) is 6.54 Å². The molecule has 0 aromatic carbocycles. The van der Waals surface area contributed by atoms with E-state index in [1.165, 1.54) is 6.33 Å². The lowest BCUT2D eigenvalue weighted by atomic mass is 10.1. The molecule has 1 heterocycles. The number of anilines is 2. The van der Waals surface area contributed by atoms with E-state index in [1.807, 2.05) is 14.0 Å². The van der Waals surface area contributed by atoms with Crippen LogP contribution in [0.1, 0.15) is 32.3 Å². The van der Waals surface area contributed by atoms with Crippen LogP contribution in [-0.4, -0.2) is 36.0 Å². The van der Waals surface area contributed by atoms with Gasteiger partial charge in [0, 0.05) is 19.2 Å². The van der Waals surface area contributed by atoms with Crippen molar-refractivity contribution in [3.05, 3.63) is 11.9 Å². The van der Waals surface area contributed by atoms with Gasteiger partial charge in [0.1, 0.15) is 18.0 Å². The van der Waals surface area contributed by atoms with Crippen molar-refractivity contribution in [2.75, 3.05) is 30.8 Å². The topological polar surface area (TPSA) is 78.9 Å². The Bertz CT molecular complexity index is 408. The predicted octanol–water partition coefficient (Wildman–Crippen LogP) is 1.41. The van der Waals surface area contributed by atoms with Gasteiger partial charge in [0.2, 0.25) is 5.91 Å². The first kappa shape index (κ1) is 15.2. The molecule has 1 rings (SSSR count). The van der Waals surface area contributed by atoms with Crippen molar-refractivity contribution in [3.8, 4) is 0 Å². The zero-order chi connectivity index (χ0) is 14.1. The Hall–Kier alpha value is -1.85. The lowest BCUT2D eigenvalue weighted by Crippen LogP contribution is -2.30. The molecule has 0 unspecified atom stereocenters. The van der Waals surface area contributed by atoms with Gasteiger partial charge in [-0.3, -0.25) is 4.79 Å². The van der Waals surface area contributed by atoms with Gasteiger partial charge in [-0.25, -0.2) is 9.97 Å². The van der Waals surface area contributed by atoms with Crippen LogP contribution in [0.5, 0.6) is 0 Å². The van der Waals surface area contributed by atoms with Gasteiger partial charge < -0.3 is 16.0 Å². The summed E-state index contributed by atoms with van der Waals surface area (Å²) in [6.45, 7) is 5.06. The smallest absolute Gasteiger partial charge is 0.239 e. The molecule has 0 aliphatic heterocycles. The van der Waals surface area contributed by atoms with Crippen molar-refractivity contribution >= 4 is 17.5 Å². The zero-order valence-corrected chi connectivity index (χ0v) is 11.9. The number of amides is 1. The number of carbonyl (C=O) groups excluding carboxylic acids is 1. The minimum Gasteiger partial charge on any atom is -0.373 e. The normalized spacial score (nSPS) is 10.1. The highest BCUT2D eigenvalue weighted by Crippen LogP contribution is 2.20. The molecule has 6 heteroatoms. The Balaban J connectivity index is 2.69. The molecule has 1 aromatic rings. The van der Waals surface area contributed by atoms with E-state index in [-0.39, 0.29) is 12.5 Å². The van der Waals surface area contributed by atoms with Crippen molar-refractivity contribution in [3.63, 3.8) is 0 Å². The molecular weight excluding hydrogens is 242 g/mol. The first-order valence-electron chi connectivity index (χ1n) is 6.75. The maximum Gasteiger partial charge on any atom is 0.239 e. The molecule has 1 amide bonds. The van der Waals surface area contributed by atoms with Crippen LogP contribution >= 0.6 is 0 Å². The van der Waals surface area contributed by atoms with E-state index in [1.54, 1.807) is 0 Å². The Kier molecular flexibility index (Phi) is 6.63. The van der Waals surface area contributed by atoms with Crippen molar-refractivity contribution in [2.24, 2.45) is 0 Å². The first-order chi connectivity index (χ1) is 9.22. The van der Waals surface area contributed by atoms with Gasteiger partial charge in [-0.05, 0) is 12.8 Å². The van der Waals surface area contributed by atoms with Gasteiger partial charge >= 0.3 is 0 Å². The Morgan fingerprint density at radius 3 is 2.58 bits per heavy atom. The maximum absolute atomic E-state index is 11.6. The monoisotopic (exact) mass is 265 g/mol. The quantitative estimate of drug-likeness (QED) is 0.662. The second-order valence-electron chi connectivity index (χ2n) is 4.25. The van der Waals surface area contributed by atoms with Crippen LogP contribution in [0.25, 0.3) is 0 Å². The van der Waals surface area contributed by atoms with Crippen LogP contribution in [0.15, 0.2) is 6.33 Å². The van der Waals surface area contributed by atoms with Crippen LogP contribution < -0.4 is 16.0 Å². The summed E-state index contributed by atoms with van der Waals surface area (Å²) in [6, 6.07) is 0. The van der Waals surface area contributed by atoms with Gasteiger partial charge in [0.15, 0.2) is 0 Å². The van der Waals surface area contributed by atoms with E-state index < -0.39 is 0 Å². The molecule has 0 bridgehead atoms. The Morgan fingerprint density at radius 2 is 1.95 bits per heavy atom. The van der Waals surface area contributed by atoms with E-state index in [9.17, 15) is 4.79 Å². The number of hydrogen-bond acceptors (Lipinski definition) is 5. The summed E-state index contributed by atoms with van der Waals surface area (Å²) >= 11 is 0. The van der Waals surface area contributed by atoms with Crippen molar-refractivity contribution < 1.29 is 4.79 Å². The summed E-state index contributed by atoms with van der Waals surface area (Å²) in [5, 5.41) is 8.95. The molecule has 3 N–H and O–H groups in total. The molecule has 0 fully saturated rings. The lowest BCUT2D eigenvalue weighted by Gasteiger charge is -2.13. The van der Waals surface area contributed by atoms with Gasteiger partial charge in [-0.2, -0.15) is 0 Å². The van der Waals surface area contributed by atoms with Crippen LogP contribution in [0.3, 0.4) is 0 Å². The average molecular weight is 265 g/mol. The van der Waals surface area contributed by atoms with Crippen LogP contribution in [-0.2, 0) is 11.2 Å². The molecule has 0 spiro atoms. The fourth-order valence-corrected chi connectivity index (χ4v) is 1.76. The lowest BCUT2D eigenvalue weighted by molar-refractivity contribution is -0.119. The van der Waals surface area contributed by atoms with Crippen LogP contribution in [0, 0.1) is 0 Å². The number of hydrogen-bond donors (Lipinski definition) is 3. The minimum absolute atomic E-state index is 0.0195. The SMILES string of the molecule is CCCNC(=O)CNc1ncnc(NC)c1CCC. The molecule has 0 aliphatic carbocycles. The highest BCUT2D eigenvalue weighted by Gasteiger charge is 2.10. The molecule has 1 aromatic heterocycles. The summed E-state index contributed by atoms with van der Waals surface area (Å²) in [5.41, 5.74) is 1.02. The average Bonchev–Trinajstić information content (AvgIpc) is 2.44. The van der Waals surface area contributed by atoms with Crippen LogP contribution in [0.2, 0.25) is 0 Å². The third-order valence-corrected chi connectivity index (χ3v) is 2.67. The number of rotatable bonds is 8. The van der Waals surface area contributed by atoms with E-state index >= 15 is 0 Å². The van der Waals surface area contributed by atoms with Crippen molar-refractivity contribution in [1.29, 1.82) is 0 Å². The zero-order valence-electron chi connectivity index (χ0n) is 11.9.